The first-order valence-corrected chi connectivity index (χ1v) is 7.92. The van der Waals surface area contributed by atoms with Gasteiger partial charge in [0.25, 0.3) is 11.9 Å². The fourth-order valence-electron chi connectivity index (χ4n) is 1.85. The molecule has 0 bridgehead atoms. The van der Waals surface area contributed by atoms with Gasteiger partial charge in [0, 0.05) is 0 Å². The monoisotopic (exact) mass is 348 g/mol. The number of thiocarbonyl (C=S) groups is 1. The molecule has 128 valence electrons. The van der Waals surface area contributed by atoms with Crippen LogP contribution in [0.2, 0.25) is 0 Å². The molecule has 1 aromatic heterocycles. The van der Waals surface area contributed by atoms with Crippen molar-refractivity contribution in [3.63, 3.8) is 0 Å². The van der Waals surface area contributed by atoms with Crippen LogP contribution in [-0.4, -0.2) is 37.8 Å². The highest BCUT2D eigenvalue weighted by Gasteiger charge is 2.10. The summed E-state index contributed by atoms with van der Waals surface area (Å²) in [5.41, 5.74) is 0.956. The third-order valence-electron chi connectivity index (χ3n) is 2.91. The van der Waals surface area contributed by atoms with Gasteiger partial charge in [-0.25, -0.2) is 0 Å². The van der Waals surface area contributed by atoms with Crippen LogP contribution in [0.1, 0.15) is 19.4 Å². The summed E-state index contributed by atoms with van der Waals surface area (Å²) < 4.78 is 5.45. The van der Waals surface area contributed by atoms with Crippen LogP contribution in [0.3, 0.4) is 0 Å². The van der Waals surface area contributed by atoms with Gasteiger partial charge in [0.2, 0.25) is 0 Å². The second kappa shape index (κ2) is 8.34. The Morgan fingerprint density at radius 2 is 2.12 bits per heavy atom. The molecule has 2 aromatic rings. The van der Waals surface area contributed by atoms with Crippen molar-refractivity contribution in [2.45, 2.75) is 27.3 Å². The average Bonchev–Trinajstić information content (AvgIpc) is 2.92. The van der Waals surface area contributed by atoms with Crippen LogP contribution in [0.5, 0.6) is 5.75 Å². The van der Waals surface area contributed by atoms with Gasteiger partial charge in [-0.2, -0.15) is 4.80 Å². The summed E-state index contributed by atoms with van der Waals surface area (Å²) in [5.74, 6) is 0.924. The number of hydrogen-bond acceptors (Lipinski definition) is 6. The van der Waals surface area contributed by atoms with Gasteiger partial charge in [-0.15, -0.1) is 5.10 Å². The van der Waals surface area contributed by atoms with Crippen LogP contribution in [0.25, 0.3) is 0 Å². The van der Waals surface area contributed by atoms with E-state index < -0.39 is 0 Å². The fraction of sp³-hybridized carbons (Fsp3) is 0.400. The number of amides is 1. The molecule has 1 aromatic carbocycles. The molecule has 0 aliphatic carbocycles. The van der Waals surface area contributed by atoms with E-state index >= 15 is 0 Å². The Kier molecular flexibility index (Phi) is 6.19. The van der Waals surface area contributed by atoms with Gasteiger partial charge in [-0.05, 0) is 41.9 Å². The van der Waals surface area contributed by atoms with Gasteiger partial charge in [-0.3, -0.25) is 15.4 Å². The van der Waals surface area contributed by atoms with E-state index in [9.17, 15) is 4.79 Å². The van der Waals surface area contributed by atoms with Gasteiger partial charge < -0.3 is 4.74 Å². The molecule has 0 aliphatic rings. The zero-order chi connectivity index (χ0) is 17.5. The largest absolute Gasteiger partial charge is 0.483 e. The van der Waals surface area contributed by atoms with Crippen molar-refractivity contribution in [1.82, 2.24) is 25.5 Å². The zero-order valence-corrected chi connectivity index (χ0v) is 14.6. The van der Waals surface area contributed by atoms with E-state index in [0.29, 0.717) is 18.2 Å². The molecular weight excluding hydrogens is 328 g/mol. The lowest BCUT2D eigenvalue weighted by Gasteiger charge is -2.09. The van der Waals surface area contributed by atoms with E-state index in [1.807, 2.05) is 25.1 Å². The number of para-hydroxylation sites is 1. The molecule has 9 heteroatoms. The standard InChI is InChI=1S/C15H20N6O2S/c1-10(2)8-21-19-14(18-20-21)17-15(24)16-13(22)9-23-12-7-5-4-6-11(12)3/h4-7,10H,8-9H2,1-3H3,(H2,16,17,19,22,24). The third-order valence-corrected chi connectivity index (χ3v) is 3.12. The molecule has 0 unspecified atom stereocenters. The van der Waals surface area contributed by atoms with Gasteiger partial charge in [0.1, 0.15) is 5.75 Å². The first kappa shape index (κ1) is 17.8. The Bertz CT molecular complexity index is 715. The van der Waals surface area contributed by atoms with Gasteiger partial charge in [0.05, 0.1) is 6.54 Å². The minimum Gasteiger partial charge on any atom is -0.483 e. The lowest BCUT2D eigenvalue weighted by atomic mass is 10.2. The van der Waals surface area contributed by atoms with Crippen molar-refractivity contribution in [3.05, 3.63) is 29.8 Å². The Balaban J connectivity index is 1.78. The number of aromatic nitrogens is 4. The zero-order valence-electron chi connectivity index (χ0n) is 13.8. The first-order valence-electron chi connectivity index (χ1n) is 7.51. The average molecular weight is 348 g/mol. The molecule has 0 atom stereocenters. The van der Waals surface area contributed by atoms with Crippen LogP contribution in [0.15, 0.2) is 24.3 Å². The number of tetrazole rings is 1. The van der Waals surface area contributed by atoms with Crippen molar-refractivity contribution >= 4 is 29.2 Å². The number of benzene rings is 1. The van der Waals surface area contributed by atoms with Crippen LogP contribution >= 0.6 is 12.2 Å². The molecule has 2 rings (SSSR count). The smallest absolute Gasteiger partial charge is 0.269 e. The Labute approximate surface area is 145 Å². The molecule has 0 saturated carbocycles. The number of ether oxygens (including phenoxy) is 1. The van der Waals surface area contributed by atoms with Gasteiger partial charge in [-0.1, -0.05) is 37.1 Å². The van der Waals surface area contributed by atoms with Crippen LogP contribution in [0.4, 0.5) is 5.95 Å². The number of rotatable bonds is 6. The molecule has 8 nitrogen and oxygen atoms in total. The molecule has 0 aliphatic heterocycles. The van der Waals surface area contributed by atoms with Crippen molar-refractivity contribution < 1.29 is 9.53 Å². The Morgan fingerprint density at radius 1 is 1.38 bits per heavy atom. The number of nitrogens with zero attached hydrogens (tertiary/aromatic N) is 4. The lowest BCUT2D eigenvalue weighted by Crippen LogP contribution is -2.37. The lowest BCUT2D eigenvalue weighted by molar-refractivity contribution is -0.121. The van der Waals surface area contributed by atoms with E-state index in [2.05, 4.69) is 39.9 Å². The van der Waals surface area contributed by atoms with Crippen LogP contribution in [0, 0.1) is 12.8 Å². The van der Waals surface area contributed by atoms with E-state index in [0.717, 1.165) is 5.56 Å². The summed E-state index contributed by atoms with van der Waals surface area (Å²) in [6.45, 7) is 6.52. The van der Waals surface area contributed by atoms with Crippen molar-refractivity contribution in [2.75, 3.05) is 11.9 Å². The number of carbonyl (C=O) groups is 1. The molecule has 0 spiro atoms. The van der Waals surface area contributed by atoms with Gasteiger partial charge in [0.15, 0.2) is 11.7 Å². The second-order valence-electron chi connectivity index (χ2n) is 5.62. The summed E-state index contributed by atoms with van der Waals surface area (Å²) in [7, 11) is 0. The maximum Gasteiger partial charge on any atom is 0.269 e. The minimum atomic E-state index is -0.370. The maximum absolute atomic E-state index is 11.9. The summed E-state index contributed by atoms with van der Waals surface area (Å²) in [6.07, 6.45) is 0. The number of aryl methyl sites for hydroxylation is 1. The molecule has 1 amide bonds. The molecule has 0 saturated heterocycles. The van der Waals surface area contributed by atoms with Crippen molar-refractivity contribution in [1.29, 1.82) is 0 Å². The van der Waals surface area contributed by atoms with Crippen molar-refractivity contribution in [3.8, 4) is 5.75 Å². The number of hydrogen-bond donors (Lipinski definition) is 2. The molecule has 2 N–H and O–H groups in total. The fourth-order valence-corrected chi connectivity index (χ4v) is 2.06. The normalized spacial score (nSPS) is 10.5. The SMILES string of the molecule is Cc1ccccc1OCC(=O)NC(=S)Nc1nnn(CC(C)C)n1. The van der Waals surface area contributed by atoms with Gasteiger partial charge >= 0.3 is 0 Å². The molecule has 0 fully saturated rings. The van der Waals surface area contributed by atoms with Crippen LogP contribution < -0.4 is 15.4 Å². The minimum absolute atomic E-state index is 0.0949. The molecule has 1 heterocycles. The number of carbonyl (C=O) groups excluding carboxylic acids is 1. The summed E-state index contributed by atoms with van der Waals surface area (Å²) in [5, 5.41) is 17.1. The third kappa shape index (κ3) is 5.58. The Morgan fingerprint density at radius 3 is 2.83 bits per heavy atom. The Hall–Kier alpha value is -2.55. The number of anilines is 1. The number of nitrogens with one attached hydrogen (secondary N) is 2. The molecule has 24 heavy (non-hydrogen) atoms. The highest BCUT2D eigenvalue weighted by molar-refractivity contribution is 7.80. The maximum atomic E-state index is 11.9. The molecular formula is C15H20N6O2S. The highest BCUT2D eigenvalue weighted by atomic mass is 32.1. The van der Waals surface area contributed by atoms with E-state index in [1.54, 1.807) is 6.07 Å². The summed E-state index contributed by atoms with van der Waals surface area (Å²) in [6, 6.07) is 7.46. The van der Waals surface area contributed by atoms with Crippen molar-refractivity contribution in [2.24, 2.45) is 5.92 Å². The van der Waals surface area contributed by atoms with E-state index in [4.69, 9.17) is 17.0 Å². The van der Waals surface area contributed by atoms with E-state index in [-0.39, 0.29) is 23.6 Å². The first-order chi connectivity index (χ1) is 11.4. The quantitative estimate of drug-likeness (QED) is 0.765. The summed E-state index contributed by atoms with van der Waals surface area (Å²) in [4.78, 5) is 13.3. The summed E-state index contributed by atoms with van der Waals surface area (Å²) >= 11 is 5.05. The predicted molar refractivity (Wildman–Crippen MR) is 93.7 cm³/mol. The van der Waals surface area contributed by atoms with E-state index in [1.165, 1.54) is 4.80 Å². The highest BCUT2D eigenvalue weighted by Crippen LogP contribution is 2.15. The molecule has 0 radical (unpaired) electrons. The topological polar surface area (TPSA) is 94.0 Å². The van der Waals surface area contributed by atoms with Crippen LogP contribution in [-0.2, 0) is 11.3 Å². The predicted octanol–water partition coefficient (Wildman–Crippen LogP) is 1.53. The second-order valence-corrected chi connectivity index (χ2v) is 6.03.